The molecule has 1 aromatic heterocycles. The summed E-state index contributed by atoms with van der Waals surface area (Å²) < 4.78 is 2.19. The first-order chi connectivity index (χ1) is 14.3. The number of nitrogens with zero attached hydrogens (tertiary/aromatic N) is 4. The molecule has 2 aliphatic rings. The highest BCUT2D eigenvalue weighted by atomic mass is 16.6. The third-order valence-electron chi connectivity index (χ3n) is 5.34. The SMILES string of the molecule is O=C(Nc1ccc(-c2nnc3n2CCCC3)cc1)[C@H]1CC(c2ccccc2)=NO1. The molecule has 2 aromatic carbocycles. The van der Waals surface area contributed by atoms with Gasteiger partial charge in [-0.05, 0) is 42.7 Å². The first kappa shape index (κ1) is 17.6. The Morgan fingerprint density at radius 3 is 2.66 bits per heavy atom. The number of nitrogens with one attached hydrogen (secondary N) is 1. The number of oxime groups is 1. The van der Waals surface area contributed by atoms with Gasteiger partial charge in [-0.1, -0.05) is 35.5 Å². The zero-order valence-corrected chi connectivity index (χ0v) is 15.9. The molecule has 3 aromatic rings. The van der Waals surface area contributed by atoms with Crippen molar-refractivity contribution in [2.75, 3.05) is 5.32 Å². The Bertz CT molecular complexity index is 1060. The molecule has 0 saturated carbocycles. The summed E-state index contributed by atoms with van der Waals surface area (Å²) in [6.45, 7) is 0.957. The van der Waals surface area contributed by atoms with Gasteiger partial charge in [-0.2, -0.15) is 0 Å². The number of rotatable bonds is 4. The fraction of sp³-hybridized carbons (Fsp3) is 0.273. The Morgan fingerprint density at radius 2 is 1.83 bits per heavy atom. The van der Waals surface area contributed by atoms with E-state index in [0.29, 0.717) is 12.1 Å². The van der Waals surface area contributed by atoms with Gasteiger partial charge >= 0.3 is 0 Å². The van der Waals surface area contributed by atoms with Crippen molar-refractivity contribution in [1.82, 2.24) is 14.8 Å². The van der Waals surface area contributed by atoms with Crippen molar-refractivity contribution in [2.45, 2.75) is 38.3 Å². The summed E-state index contributed by atoms with van der Waals surface area (Å²) in [6, 6.07) is 17.4. The third kappa shape index (κ3) is 3.51. The van der Waals surface area contributed by atoms with E-state index in [1.807, 2.05) is 54.6 Å². The van der Waals surface area contributed by atoms with Crippen molar-refractivity contribution in [3.63, 3.8) is 0 Å². The Morgan fingerprint density at radius 1 is 1.00 bits per heavy atom. The maximum absolute atomic E-state index is 12.6. The van der Waals surface area contributed by atoms with Gasteiger partial charge in [0.25, 0.3) is 5.91 Å². The number of carbonyl (C=O) groups excluding carboxylic acids is 1. The van der Waals surface area contributed by atoms with E-state index in [2.05, 4.69) is 25.2 Å². The number of amides is 1. The first-order valence-corrected chi connectivity index (χ1v) is 9.89. The summed E-state index contributed by atoms with van der Waals surface area (Å²) in [4.78, 5) is 17.9. The molecule has 146 valence electrons. The van der Waals surface area contributed by atoms with E-state index in [-0.39, 0.29) is 5.91 Å². The van der Waals surface area contributed by atoms with E-state index >= 15 is 0 Å². The van der Waals surface area contributed by atoms with Crippen LogP contribution in [0, 0.1) is 0 Å². The average Bonchev–Trinajstić information content (AvgIpc) is 3.43. The highest BCUT2D eigenvalue weighted by Crippen LogP contribution is 2.25. The van der Waals surface area contributed by atoms with Crippen molar-refractivity contribution in [1.29, 1.82) is 0 Å². The molecule has 0 spiro atoms. The summed E-state index contributed by atoms with van der Waals surface area (Å²) in [5.41, 5.74) is 3.48. The van der Waals surface area contributed by atoms with Crippen molar-refractivity contribution in [2.24, 2.45) is 5.16 Å². The van der Waals surface area contributed by atoms with Crippen LogP contribution in [-0.2, 0) is 22.6 Å². The van der Waals surface area contributed by atoms with E-state index in [9.17, 15) is 4.79 Å². The second kappa shape index (κ2) is 7.50. The number of carbonyl (C=O) groups is 1. The summed E-state index contributed by atoms with van der Waals surface area (Å²) in [5.74, 6) is 1.74. The van der Waals surface area contributed by atoms with Crippen LogP contribution in [0.4, 0.5) is 5.69 Å². The monoisotopic (exact) mass is 387 g/mol. The highest BCUT2D eigenvalue weighted by Gasteiger charge is 2.29. The number of hydrogen-bond donors (Lipinski definition) is 1. The quantitative estimate of drug-likeness (QED) is 0.744. The van der Waals surface area contributed by atoms with Crippen LogP contribution in [0.2, 0.25) is 0 Å². The zero-order chi connectivity index (χ0) is 19.6. The summed E-state index contributed by atoms with van der Waals surface area (Å²) in [5, 5.41) is 15.6. The third-order valence-corrected chi connectivity index (χ3v) is 5.34. The largest absolute Gasteiger partial charge is 0.382 e. The predicted octanol–water partition coefficient (Wildman–Crippen LogP) is 3.41. The van der Waals surface area contributed by atoms with Crippen LogP contribution in [0.1, 0.15) is 30.7 Å². The molecule has 7 nitrogen and oxygen atoms in total. The molecule has 2 aliphatic heterocycles. The number of aromatic nitrogens is 3. The number of aryl methyl sites for hydroxylation is 1. The summed E-state index contributed by atoms with van der Waals surface area (Å²) in [6.07, 6.45) is 3.14. The Hall–Kier alpha value is -3.48. The summed E-state index contributed by atoms with van der Waals surface area (Å²) >= 11 is 0. The van der Waals surface area contributed by atoms with Gasteiger partial charge in [0.1, 0.15) is 5.82 Å². The average molecular weight is 387 g/mol. The van der Waals surface area contributed by atoms with Crippen LogP contribution in [0.3, 0.4) is 0 Å². The van der Waals surface area contributed by atoms with Gasteiger partial charge in [-0.3, -0.25) is 4.79 Å². The van der Waals surface area contributed by atoms with Crippen molar-refractivity contribution in [3.8, 4) is 11.4 Å². The Labute approximate surface area is 168 Å². The Balaban J connectivity index is 1.24. The molecule has 0 fully saturated rings. The molecular formula is C22H21N5O2. The van der Waals surface area contributed by atoms with Crippen LogP contribution < -0.4 is 5.32 Å². The molecule has 0 saturated heterocycles. The van der Waals surface area contributed by atoms with Crippen LogP contribution >= 0.6 is 0 Å². The minimum absolute atomic E-state index is 0.202. The lowest BCUT2D eigenvalue weighted by Crippen LogP contribution is -2.28. The molecule has 0 unspecified atom stereocenters. The van der Waals surface area contributed by atoms with Crippen molar-refractivity contribution >= 4 is 17.3 Å². The standard InChI is InChI=1S/C22H21N5O2/c28-22(19-14-18(26-29-19)15-6-2-1-3-7-15)23-17-11-9-16(10-12-17)21-25-24-20-8-4-5-13-27(20)21/h1-3,6-7,9-12,19H,4-5,8,13-14H2,(H,23,28)/t19-/m1/s1. The van der Waals surface area contributed by atoms with E-state index in [1.54, 1.807) is 0 Å². The topological polar surface area (TPSA) is 81.4 Å². The first-order valence-electron chi connectivity index (χ1n) is 9.89. The van der Waals surface area contributed by atoms with Crippen molar-refractivity contribution < 1.29 is 9.63 Å². The molecule has 0 aliphatic carbocycles. The molecule has 3 heterocycles. The van der Waals surface area contributed by atoms with Gasteiger partial charge < -0.3 is 14.7 Å². The van der Waals surface area contributed by atoms with E-state index in [4.69, 9.17) is 4.84 Å². The minimum atomic E-state index is -0.617. The highest BCUT2D eigenvalue weighted by molar-refractivity contribution is 6.06. The fourth-order valence-electron chi connectivity index (χ4n) is 3.77. The molecule has 1 amide bonds. The smallest absolute Gasteiger partial charge is 0.268 e. The number of hydrogen-bond acceptors (Lipinski definition) is 5. The minimum Gasteiger partial charge on any atom is -0.382 e. The fourth-order valence-corrected chi connectivity index (χ4v) is 3.77. The Kier molecular flexibility index (Phi) is 4.56. The van der Waals surface area contributed by atoms with Crippen molar-refractivity contribution in [3.05, 3.63) is 66.0 Å². The van der Waals surface area contributed by atoms with Crippen LogP contribution in [-0.4, -0.2) is 32.5 Å². The molecule has 1 atom stereocenters. The molecule has 0 radical (unpaired) electrons. The normalized spacial score (nSPS) is 17.9. The van der Waals surface area contributed by atoms with Crippen LogP contribution in [0.25, 0.3) is 11.4 Å². The van der Waals surface area contributed by atoms with E-state index < -0.39 is 6.10 Å². The molecule has 0 bridgehead atoms. The maximum atomic E-state index is 12.6. The van der Waals surface area contributed by atoms with Crippen LogP contribution in [0.15, 0.2) is 59.8 Å². The van der Waals surface area contributed by atoms with Gasteiger partial charge in [0, 0.05) is 30.6 Å². The second-order valence-corrected chi connectivity index (χ2v) is 7.32. The summed E-state index contributed by atoms with van der Waals surface area (Å²) in [7, 11) is 0. The maximum Gasteiger partial charge on any atom is 0.268 e. The van der Waals surface area contributed by atoms with Gasteiger partial charge in [-0.25, -0.2) is 0 Å². The number of benzene rings is 2. The van der Waals surface area contributed by atoms with Crippen LogP contribution in [0.5, 0.6) is 0 Å². The number of fused-ring (bicyclic) bond motifs is 1. The van der Waals surface area contributed by atoms with E-state index in [1.165, 1.54) is 6.42 Å². The lowest BCUT2D eigenvalue weighted by molar-refractivity contribution is -0.125. The van der Waals surface area contributed by atoms with Gasteiger partial charge in [0.15, 0.2) is 5.82 Å². The van der Waals surface area contributed by atoms with Gasteiger partial charge in [-0.15, -0.1) is 10.2 Å². The van der Waals surface area contributed by atoms with Gasteiger partial charge in [0.2, 0.25) is 6.10 Å². The molecular weight excluding hydrogens is 366 g/mol. The lowest BCUT2D eigenvalue weighted by Gasteiger charge is -2.15. The predicted molar refractivity (Wildman–Crippen MR) is 109 cm³/mol. The second-order valence-electron chi connectivity index (χ2n) is 7.32. The molecule has 1 N–H and O–H groups in total. The van der Waals surface area contributed by atoms with Gasteiger partial charge in [0.05, 0.1) is 5.71 Å². The molecule has 29 heavy (non-hydrogen) atoms. The lowest BCUT2D eigenvalue weighted by atomic mass is 10.0. The molecule has 7 heteroatoms. The molecule has 5 rings (SSSR count). The van der Waals surface area contributed by atoms with E-state index in [0.717, 1.165) is 47.9 Å². The number of anilines is 1. The zero-order valence-electron chi connectivity index (χ0n) is 15.9.